The van der Waals surface area contributed by atoms with Gasteiger partial charge in [0.15, 0.2) is 0 Å². The van der Waals surface area contributed by atoms with Crippen LogP contribution in [0.3, 0.4) is 0 Å². The van der Waals surface area contributed by atoms with Gasteiger partial charge in [0.05, 0.1) is 5.56 Å². The van der Waals surface area contributed by atoms with Crippen molar-refractivity contribution in [3.8, 4) is 5.88 Å². The molecule has 0 aromatic carbocycles. The Kier molecular flexibility index (Phi) is 3.65. The van der Waals surface area contributed by atoms with Gasteiger partial charge in [-0.3, -0.25) is 0 Å². The van der Waals surface area contributed by atoms with Gasteiger partial charge in [0.1, 0.15) is 17.4 Å². The average Bonchev–Trinajstić information content (AvgIpc) is 2.78. The number of thiophene rings is 1. The van der Waals surface area contributed by atoms with Crippen molar-refractivity contribution in [1.29, 1.82) is 0 Å². The first-order valence-electron chi connectivity index (χ1n) is 4.95. The van der Waals surface area contributed by atoms with Crippen LogP contribution in [0.1, 0.15) is 16.3 Å². The van der Waals surface area contributed by atoms with Gasteiger partial charge >= 0.3 is 0 Å². The lowest BCUT2D eigenvalue weighted by molar-refractivity contribution is 0.295. The molecule has 2 N–H and O–H groups in total. The fourth-order valence-electron chi connectivity index (χ4n) is 1.26. The standard InChI is InChI=1S/C11H11N3OS2/c1-7-13-5-9(10(12)16)11(14-7)15-6-8-3-2-4-17-8/h2-5H,6H2,1H3,(H2,12,16). The Hall–Kier alpha value is -1.53. The first kappa shape index (κ1) is 11.9. The van der Waals surface area contributed by atoms with E-state index < -0.39 is 0 Å². The number of ether oxygens (including phenoxy) is 1. The second-order valence-corrected chi connectivity index (χ2v) is 4.84. The van der Waals surface area contributed by atoms with E-state index in [1.54, 1.807) is 24.5 Å². The van der Waals surface area contributed by atoms with Crippen molar-refractivity contribution >= 4 is 28.5 Å². The van der Waals surface area contributed by atoms with Gasteiger partial charge in [-0.15, -0.1) is 11.3 Å². The third kappa shape index (κ3) is 2.98. The van der Waals surface area contributed by atoms with E-state index in [0.29, 0.717) is 23.9 Å². The molecule has 0 spiro atoms. The summed E-state index contributed by atoms with van der Waals surface area (Å²) in [6.07, 6.45) is 1.59. The van der Waals surface area contributed by atoms with Crippen molar-refractivity contribution in [1.82, 2.24) is 9.97 Å². The molecule has 0 fully saturated rings. The van der Waals surface area contributed by atoms with E-state index in [0.717, 1.165) is 4.88 Å². The van der Waals surface area contributed by atoms with E-state index in [1.807, 2.05) is 17.5 Å². The first-order chi connectivity index (χ1) is 8.16. The SMILES string of the molecule is Cc1ncc(C(N)=S)c(OCc2cccs2)n1. The van der Waals surface area contributed by atoms with Gasteiger partial charge in [-0.2, -0.15) is 4.98 Å². The molecule has 17 heavy (non-hydrogen) atoms. The molecule has 0 radical (unpaired) electrons. The number of thiocarbonyl (C=S) groups is 1. The van der Waals surface area contributed by atoms with Crippen molar-refractivity contribution in [2.75, 3.05) is 0 Å². The molecule has 0 saturated heterocycles. The van der Waals surface area contributed by atoms with E-state index in [2.05, 4.69) is 9.97 Å². The summed E-state index contributed by atoms with van der Waals surface area (Å²) in [6, 6.07) is 3.97. The summed E-state index contributed by atoms with van der Waals surface area (Å²) in [5.74, 6) is 1.07. The molecule has 4 nitrogen and oxygen atoms in total. The van der Waals surface area contributed by atoms with Gasteiger partial charge in [-0.1, -0.05) is 18.3 Å². The smallest absolute Gasteiger partial charge is 0.227 e. The van der Waals surface area contributed by atoms with Crippen LogP contribution in [0.2, 0.25) is 0 Å². The summed E-state index contributed by atoms with van der Waals surface area (Å²) < 4.78 is 5.62. The minimum atomic E-state index is 0.242. The molecule has 0 amide bonds. The van der Waals surface area contributed by atoms with Crippen LogP contribution in [0.15, 0.2) is 23.7 Å². The first-order valence-corrected chi connectivity index (χ1v) is 6.24. The highest BCUT2D eigenvalue weighted by molar-refractivity contribution is 7.80. The fraction of sp³-hybridized carbons (Fsp3) is 0.182. The lowest BCUT2D eigenvalue weighted by Crippen LogP contribution is -2.13. The number of hydrogen-bond acceptors (Lipinski definition) is 5. The maximum Gasteiger partial charge on any atom is 0.227 e. The number of nitrogens with zero attached hydrogens (tertiary/aromatic N) is 2. The molecule has 0 atom stereocenters. The topological polar surface area (TPSA) is 61.0 Å². The molecule has 2 aromatic rings. The lowest BCUT2D eigenvalue weighted by Gasteiger charge is -2.08. The van der Waals surface area contributed by atoms with Gasteiger partial charge in [0, 0.05) is 11.1 Å². The number of nitrogens with two attached hydrogens (primary N) is 1. The van der Waals surface area contributed by atoms with Gasteiger partial charge in [0.25, 0.3) is 0 Å². The third-order valence-corrected chi connectivity index (χ3v) is 3.14. The Morgan fingerprint density at radius 2 is 2.41 bits per heavy atom. The van der Waals surface area contributed by atoms with E-state index in [1.165, 1.54) is 0 Å². The van der Waals surface area contributed by atoms with Crippen LogP contribution in [0.5, 0.6) is 5.88 Å². The van der Waals surface area contributed by atoms with Crippen LogP contribution in [-0.4, -0.2) is 15.0 Å². The zero-order chi connectivity index (χ0) is 12.3. The Labute approximate surface area is 108 Å². The number of aryl methyl sites for hydroxylation is 1. The molecule has 0 aliphatic rings. The van der Waals surface area contributed by atoms with Crippen LogP contribution in [0.4, 0.5) is 0 Å². The zero-order valence-corrected chi connectivity index (χ0v) is 10.8. The van der Waals surface area contributed by atoms with Crippen molar-refractivity contribution in [3.63, 3.8) is 0 Å². The highest BCUT2D eigenvalue weighted by Gasteiger charge is 2.10. The molecule has 88 valence electrons. The molecular weight excluding hydrogens is 254 g/mol. The summed E-state index contributed by atoms with van der Waals surface area (Å²) in [5.41, 5.74) is 6.16. The molecule has 0 aliphatic carbocycles. The molecule has 0 aliphatic heterocycles. The summed E-state index contributed by atoms with van der Waals surface area (Å²) in [6.45, 7) is 2.26. The molecule has 0 saturated carbocycles. The van der Waals surface area contributed by atoms with E-state index >= 15 is 0 Å². The summed E-state index contributed by atoms with van der Waals surface area (Å²) >= 11 is 6.56. The van der Waals surface area contributed by atoms with Crippen LogP contribution in [0, 0.1) is 6.92 Å². The summed E-state index contributed by atoms with van der Waals surface area (Å²) in [5, 5.41) is 2.00. The van der Waals surface area contributed by atoms with E-state index in [-0.39, 0.29) is 4.99 Å². The van der Waals surface area contributed by atoms with E-state index in [9.17, 15) is 0 Å². The Balaban J connectivity index is 2.19. The second-order valence-electron chi connectivity index (χ2n) is 3.37. The number of rotatable bonds is 4. The normalized spacial score (nSPS) is 10.2. The third-order valence-electron chi connectivity index (χ3n) is 2.07. The van der Waals surface area contributed by atoms with Gasteiger partial charge < -0.3 is 10.5 Å². The van der Waals surface area contributed by atoms with Crippen molar-refractivity contribution in [3.05, 3.63) is 40.0 Å². The highest BCUT2D eigenvalue weighted by Crippen LogP contribution is 2.17. The highest BCUT2D eigenvalue weighted by atomic mass is 32.1. The van der Waals surface area contributed by atoms with Crippen LogP contribution < -0.4 is 10.5 Å². The van der Waals surface area contributed by atoms with Crippen molar-refractivity contribution < 1.29 is 4.74 Å². The molecule has 6 heteroatoms. The van der Waals surface area contributed by atoms with Gasteiger partial charge in [-0.05, 0) is 18.4 Å². The fourth-order valence-corrected chi connectivity index (χ4v) is 2.02. The maximum atomic E-state index is 5.62. The Bertz CT molecular complexity index is 526. The zero-order valence-electron chi connectivity index (χ0n) is 9.21. The Morgan fingerprint density at radius 3 is 3.06 bits per heavy atom. The van der Waals surface area contributed by atoms with E-state index in [4.69, 9.17) is 22.7 Å². The maximum absolute atomic E-state index is 5.62. The van der Waals surface area contributed by atoms with Crippen LogP contribution >= 0.6 is 23.6 Å². The minimum Gasteiger partial charge on any atom is -0.471 e. The van der Waals surface area contributed by atoms with Gasteiger partial charge in [-0.25, -0.2) is 4.98 Å². The minimum absolute atomic E-state index is 0.242. The van der Waals surface area contributed by atoms with Gasteiger partial charge in [0.2, 0.25) is 5.88 Å². The van der Waals surface area contributed by atoms with Crippen LogP contribution in [0.25, 0.3) is 0 Å². The van der Waals surface area contributed by atoms with Crippen LogP contribution in [-0.2, 0) is 6.61 Å². The summed E-state index contributed by atoms with van der Waals surface area (Å²) in [4.78, 5) is 9.61. The van der Waals surface area contributed by atoms with Crippen molar-refractivity contribution in [2.24, 2.45) is 5.73 Å². The summed E-state index contributed by atoms with van der Waals surface area (Å²) in [7, 11) is 0. The molecule has 2 heterocycles. The lowest BCUT2D eigenvalue weighted by atomic mass is 10.3. The van der Waals surface area contributed by atoms with Crippen molar-refractivity contribution in [2.45, 2.75) is 13.5 Å². The largest absolute Gasteiger partial charge is 0.471 e. The monoisotopic (exact) mass is 265 g/mol. The predicted octanol–water partition coefficient (Wildman–Crippen LogP) is 2.06. The predicted molar refractivity (Wildman–Crippen MR) is 71.3 cm³/mol. The second kappa shape index (κ2) is 5.20. The average molecular weight is 265 g/mol. The molecular formula is C11H11N3OS2. The molecule has 0 unspecified atom stereocenters. The number of aromatic nitrogens is 2. The molecule has 2 rings (SSSR count). The molecule has 2 aromatic heterocycles. The number of hydrogen-bond donors (Lipinski definition) is 1. The molecule has 0 bridgehead atoms. The quantitative estimate of drug-likeness (QED) is 0.857. The Morgan fingerprint density at radius 1 is 1.59 bits per heavy atom.